The predicted octanol–water partition coefficient (Wildman–Crippen LogP) is 2.37. The summed E-state index contributed by atoms with van der Waals surface area (Å²) in [6.45, 7) is 5.43. The molecule has 2 heteroatoms. The summed E-state index contributed by atoms with van der Waals surface area (Å²) in [5.74, 6) is 0.111. The highest BCUT2D eigenvalue weighted by Gasteiger charge is 2.13. The first-order chi connectivity index (χ1) is 6.16. The smallest absolute Gasteiger partial charge is 0.159 e. The molecule has 66 valence electrons. The molecule has 0 amide bonds. The zero-order valence-corrected chi connectivity index (χ0v) is 7.55. The number of hydrogen-bond acceptors (Lipinski definition) is 2. The standard InChI is InChI=1S/C11H11NO/c1-7-5-10-6-9(8(2)13)3-4-11(10)12-7/h3-4,6,12H,1,5H2,2H3. The van der Waals surface area contributed by atoms with Gasteiger partial charge in [-0.2, -0.15) is 0 Å². The Balaban J connectivity index is 2.45. The molecular weight excluding hydrogens is 162 g/mol. The van der Waals surface area contributed by atoms with Crippen LogP contribution in [0.2, 0.25) is 0 Å². The molecule has 1 N–H and O–H groups in total. The van der Waals surface area contributed by atoms with E-state index in [4.69, 9.17) is 0 Å². The van der Waals surface area contributed by atoms with E-state index in [0.717, 1.165) is 28.9 Å². The maximum absolute atomic E-state index is 11.1. The van der Waals surface area contributed by atoms with Crippen LogP contribution in [0.15, 0.2) is 30.5 Å². The Bertz CT molecular complexity index is 393. The van der Waals surface area contributed by atoms with Crippen molar-refractivity contribution in [2.45, 2.75) is 13.3 Å². The van der Waals surface area contributed by atoms with Crippen LogP contribution in [0, 0.1) is 0 Å². The number of rotatable bonds is 1. The number of nitrogens with one attached hydrogen (secondary N) is 1. The van der Waals surface area contributed by atoms with Gasteiger partial charge in [0.15, 0.2) is 5.78 Å². The Kier molecular flexibility index (Phi) is 1.69. The van der Waals surface area contributed by atoms with Crippen LogP contribution < -0.4 is 5.32 Å². The van der Waals surface area contributed by atoms with Crippen molar-refractivity contribution >= 4 is 11.5 Å². The van der Waals surface area contributed by atoms with Gasteiger partial charge in [-0.15, -0.1) is 0 Å². The van der Waals surface area contributed by atoms with Crippen molar-refractivity contribution in [2.24, 2.45) is 0 Å². The molecule has 0 aliphatic carbocycles. The van der Waals surface area contributed by atoms with Crippen molar-refractivity contribution in [2.75, 3.05) is 5.32 Å². The molecule has 0 fully saturated rings. The van der Waals surface area contributed by atoms with Crippen LogP contribution in [0.1, 0.15) is 22.8 Å². The Hall–Kier alpha value is -1.57. The maximum Gasteiger partial charge on any atom is 0.159 e. The van der Waals surface area contributed by atoms with Crippen LogP contribution in [-0.4, -0.2) is 5.78 Å². The molecule has 0 atom stereocenters. The first kappa shape index (κ1) is 8.05. The van der Waals surface area contributed by atoms with E-state index in [2.05, 4.69) is 11.9 Å². The minimum absolute atomic E-state index is 0.111. The zero-order chi connectivity index (χ0) is 9.42. The van der Waals surface area contributed by atoms with E-state index in [0.29, 0.717) is 0 Å². The second-order valence-corrected chi connectivity index (χ2v) is 3.33. The van der Waals surface area contributed by atoms with Gasteiger partial charge in [0.05, 0.1) is 0 Å². The molecule has 13 heavy (non-hydrogen) atoms. The molecule has 2 rings (SSSR count). The van der Waals surface area contributed by atoms with Crippen LogP contribution in [0.4, 0.5) is 5.69 Å². The highest BCUT2D eigenvalue weighted by Crippen LogP contribution is 2.27. The van der Waals surface area contributed by atoms with Crippen molar-refractivity contribution in [1.29, 1.82) is 0 Å². The summed E-state index contributed by atoms with van der Waals surface area (Å²) < 4.78 is 0. The van der Waals surface area contributed by atoms with Crippen molar-refractivity contribution in [3.05, 3.63) is 41.6 Å². The van der Waals surface area contributed by atoms with Crippen molar-refractivity contribution < 1.29 is 4.79 Å². The number of allylic oxidation sites excluding steroid dienone is 1. The monoisotopic (exact) mass is 173 g/mol. The molecule has 0 spiro atoms. The quantitative estimate of drug-likeness (QED) is 0.660. The number of benzene rings is 1. The third-order valence-corrected chi connectivity index (χ3v) is 2.23. The number of carbonyl (C=O) groups is 1. The SMILES string of the molecule is C=C1Cc2cc(C(C)=O)ccc2N1. The summed E-state index contributed by atoms with van der Waals surface area (Å²) in [5.41, 5.74) is 4.01. The normalized spacial score (nSPS) is 13.8. The summed E-state index contributed by atoms with van der Waals surface area (Å²) >= 11 is 0. The number of carbonyl (C=O) groups excluding carboxylic acids is 1. The molecule has 1 aromatic rings. The van der Waals surface area contributed by atoms with E-state index in [9.17, 15) is 4.79 Å². The third-order valence-electron chi connectivity index (χ3n) is 2.23. The number of ketones is 1. The first-order valence-electron chi connectivity index (χ1n) is 4.25. The minimum atomic E-state index is 0.111. The molecular formula is C11H11NO. The molecule has 1 heterocycles. The van der Waals surface area contributed by atoms with Crippen LogP contribution in [-0.2, 0) is 6.42 Å². The summed E-state index contributed by atoms with van der Waals surface area (Å²) in [4.78, 5) is 11.1. The second-order valence-electron chi connectivity index (χ2n) is 3.33. The van der Waals surface area contributed by atoms with Gasteiger partial charge in [-0.05, 0) is 30.7 Å². The van der Waals surface area contributed by atoms with E-state index in [1.807, 2.05) is 18.2 Å². The number of anilines is 1. The van der Waals surface area contributed by atoms with Gasteiger partial charge < -0.3 is 5.32 Å². The van der Waals surface area contributed by atoms with Gasteiger partial charge in [-0.3, -0.25) is 4.79 Å². The van der Waals surface area contributed by atoms with Crippen molar-refractivity contribution in [1.82, 2.24) is 0 Å². The molecule has 1 aromatic carbocycles. The molecule has 1 aliphatic rings. The molecule has 0 radical (unpaired) electrons. The number of fused-ring (bicyclic) bond motifs is 1. The molecule has 2 nitrogen and oxygen atoms in total. The largest absolute Gasteiger partial charge is 0.359 e. The van der Waals surface area contributed by atoms with Gasteiger partial charge in [0.25, 0.3) is 0 Å². The Morgan fingerprint density at radius 1 is 1.54 bits per heavy atom. The van der Waals surface area contributed by atoms with Gasteiger partial charge in [0.2, 0.25) is 0 Å². The van der Waals surface area contributed by atoms with E-state index in [1.54, 1.807) is 6.92 Å². The number of hydrogen-bond donors (Lipinski definition) is 1. The topological polar surface area (TPSA) is 29.1 Å². The molecule has 0 bridgehead atoms. The van der Waals surface area contributed by atoms with E-state index in [-0.39, 0.29) is 5.78 Å². The molecule has 0 aromatic heterocycles. The Morgan fingerprint density at radius 3 is 3.00 bits per heavy atom. The van der Waals surface area contributed by atoms with E-state index < -0.39 is 0 Å². The first-order valence-corrected chi connectivity index (χ1v) is 4.25. The van der Waals surface area contributed by atoms with Gasteiger partial charge in [0.1, 0.15) is 0 Å². The Morgan fingerprint density at radius 2 is 2.31 bits per heavy atom. The van der Waals surface area contributed by atoms with E-state index >= 15 is 0 Å². The van der Waals surface area contributed by atoms with Crippen LogP contribution in [0.25, 0.3) is 0 Å². The summed E-state index contributed by atoms with van der Waals surface area (Å²) in [7, 11) is 0. The average Bonchev–Trinajstić information content (AvgIpc) is 2.42. The lowest BCUT2D eigenvalue weighted by atomic mass is 10.1. The Labute approximate surface area is 77.3 Å². The van der Waals surface area contributed by atoms with Gasteiger partial charge in [-0.25, -0.2) is 0 Å². The van der Waals surface area contributed by atoms with Gasteiger partial charge in [-0.1, -0.05) is 6.58 Å². The van der Waals surface area contributed by atoms with E-state index in [1.165, 1.54) is 0 Å². The fourth-order valence-corrected chi connectivity index (χ4v) is 1.55. The lowest BCUT2D eigenvalue weighted by Crippen LogP contribution is -1.92. The average molecular weight is 173 g/mol. The highest BCUT2D eigenvalue weighted by molar-refractivity contribution is 5.95. The van der Waals surface area contributed by atoms with Crippen molar-refractivity contribution in [3.63, 3.8) is 0 Å². The summed E-state index contributed by atoms with van der Waals surface area (Å²) in [6.07, 6.45) is 0.830. The predicted molar refractivity (Wildman–Crippen MR) is 52.9 cm³/mol. The highest BCUT2D eigenvalue weighted by atomic mass is 16.1. The van der Waals surface area contributed by atoms with Crippen molar-refractivity contribution in [3.8, 4) is 0 Å². The lowest BCUT2D eigenvalue weighted by molar-refractivity contribution is 0.101. The van der Waals surface area contributed by atoms with Gasteiger partial charge >= 0.3 is 0 Å². The van der Waals surface area contributed by atoms with Crippen LogP contribution in [0.3, 0.4) is 0 Å². The number of Topliss-reactive ketones (excluding diaryl/α,β-unsaturated/α-hetero) is 1. The fourth-order valence-electron chi connectivity index (χ4n) is 1.55. The maximum atomic E-state index is 11.1. The van der Waals surface area contributed by atoms with Crippen LogP contribution in [0.5, 0.6) is 0 Å². The summed E-state index contributed by atoms with van der Waals surface area (Å²) in [5, 5.41) is 3.16. The van der Waals surface area contributed by atoms with Gasteiger partial charge in [0, 0.05) is 23.4 Å². The molecule has 0 unspecified atom stereocenters. The lowest BCUT2D eigenvalue weighted by Gasteiger charge is -2.00. The van der Waals surface area contributed by atoms with Crippen LogP contribution >= 0.6 is 0 Å². The third kappa shape index (κ3) is 1.35. The molecule has 0 saturated heterocycles. The molecule has 0 saturated carbocycles. The fraction of sp³-hybridized carbons (Fsp3) is 0.182. The minimum Gasteiger partial charge on any atom is -0.359 e. The second kappa shape index (κ2) is 2.73. The molecule has 1 aliphatic heterocycles. The summed E-state index contributed by atoms with van der Waals surface area (Å²) in [6, 6.07) is 5.71. The zero-order valence-electron chi connectivity index (χ0n) is 7.55.